The number of alkyl halides is 3. The zero-order chi connectivity index (χ0) is 22.0. The first-order valence-corrected chi connectivity index (χ1v) is 9.36. The molecule has 0 atom stereocenters. The molecule has 1 heterocycles. The van der Waals surface area contributed by atoms with E-state index in [9.17, 15) is 18.0 Å². The summed E-state index contributed by atoms with van der Waals surface area (Å²) < 4.78 is 38.9. The van der Waals surface area contributed by atoms with Gasteiger partial charge in [-0.05, 0) is 36.2 Å². The van der Waals surface area contributed by atoms with Gasteiger partial charge in [0.05, 0.1) is 5.56 Å². The molecule has 1 aromatic carbocycles. The van der Waals surface area contributed by atoms with Crippen LogP contribution in [0.3, 0.4) is 0 Å². The summed E-state index contributed by atoms with van der Waals surface area (Å²) in [5.41, 5.74) is 0.790. The molecule has 1 amide bonds. The number of nitrogens with one attached hydrogen (secondary N) is 4. The van der Waals surface area contributed by atoms with E-state index in [1.165, 1.54) is 12.3 Å². The number of carbonyl (C=O) groups excluding carboxylic acids is 1. The van der Waals surface area contributed by atoms with Crippen LogP contribution >= 0.6 is 0 Å². The third kappa shape index (κ3) is 6.94. The van der Waals surface area contributed by atoms with Crippen molar-refractivity contribution in [3.05, 3.63) is 59.3 Å². The summed E-state index contributed by atoms with van der Waals surface area (Å²) in [6.45, 7) is 1.15. The second-order valence-corrected chi connectivity index (χ2v) is 6.28. The van der Waals surface area contributed by atoms with Gasteiger partial charge in [0.25, 0.3) is 5.91 Å². The highest BCUT2D eigenvalue weighted by atomic mass is 19.4. The Morgan fingerprint density at radius 3 is 2.57 bits per heavy atom. The van der Waals surface area contributed by atoms with E-state index in [4.69, 9.17) is 0 Å². The Hall–Kier alpha value is -3.30. The van der Waals surface area contributed by atoms with Crippen molar-refractivity contribution in [2.24, 2.45) is 4.99 Å². The molecule has 0 fully saturated rings. The Morgan fingerprint density at radius 2 is 1.87 bits per heavy atom. The minimum Gasteiger partial charge on any atom is -0.368 e. The molecule has 0 radical (unpaired) electrons. The Morgan fingerprint density at radius 1 is 1.10 bits per heavy atom. The molecule has 162 valence electrons. The molecule has 0 aliphatic carbocycles. The fourth-order valence-corrected chi connectivity index (χ4v) is 2.69. The lowest BCUT2D eigenvalue weighted by Crippen LogP contribution is -2.40. The molecule has 0 saturated heterocycles. The van der Waals surface area contributed by atoms with Crippen molar-refractivity contribution >= 4 is 17.7 Å². The number of carbonyl (C=O) groups is 1. The van der Waals surface area contributed by atoms with Gasteiger partial charge < -0.3 is 21.3 Å². The van der Waals surface area contributed by atoms with Crippen molar-refractivity contribution in [1.82, 2.24) is 20.9 Å². The van der Waals surface area contributed by atoms with Crippen LogP contribution in [0, 0.1) is 0 Å². The predicted molar refractivity (Wildman–Crippen MR) is 111 cm³/mol. The summed E-state index contributed by atoms with van der Waals surface area (Å²) in [4.78, 5) is 19.5. The Kier molecular flexibility index (Phi) is 8.45. The number of amides is 1. The second kappa shape index (κ2) is 11.0. The van der Waals surface area contributed by atoms with Gasteiger partial charge in [0.2, 0.25) is 0 Å². The van der Waals surface area contributed by atoms with E-state index in [0.29, 0.717) is 31.0 Å². The van der Waals surface area contributed by atoms with Gasteiger partial charge in [0.1, 0.15) is 5.82 Å². The molecule has 30 heavy (non-hydrogen) atoms. The number of aromatic nitrogens is 1. The third-order valence-corrected chi connectivity index (χ3v) is 4.17. The number of nitrogens with zero attached hydrogens (tertiary/aromatic N) is 2. The molecular formula is C20H25F3N6O. The van der Waals surface area contributed by atoms with Crippen molar-refractivity contribution in [3.63, 3.8) is 0 Å². The predicted octanol–water partition coefficient (Wildman–Crippen LogP) is 2.28. The average Bonchev–Trinajstić information content (AvgIpc) is 2.74. The zero-order valence-corrected chi connectivity index (χ0v) is 16.8. The highest BCUT2D eigenvalue weighted by molar-refractivity contribution is 5.94. The first-order valence-electron chi connectivity index (χ1n) is 9.36. The number of benzene rings is 1. The highest BCUT2D eigenvalue weighted by Crippen LogP contribution is 2.33. The van der Waals surface area contributed by atoms with E-state index in [2.05, 4.69) is 31.2 Å². The van der Waals surface area contributed by atoms with Crippen molar-refractivity contribution in [1.29, 1.82) is 0 Å². The lowest BCUT2D eigenvalue weighted by Gasteiger charge is -2.15. The van der Waals surface area contributed by atoms with Crippen LogP contribution < -0.4 is 21.3 Å². The molecule has 0 saturated carbocycles. The number of anilines is 1. The largest absolute Gasteiger partial charge is 0.419 e. The minimum atomic E-state index is -4.46. The van der Waals surface area contributed by atoms with E-state index >= 15 is 0 Å². The van der Waals surface area contributed by atoms with Gasteiger partial charge >= 0.3 is 6.18 Å². The standard InChI is InChI=1S/C20H25F3N6O/c1-24-18(30)15-6-3-5-14(13-15)8-10-28-19(25-2)29-12-11-27-17-16(20(21,22)23)7-4-9-26-17/h3-7,9,13H,8,10-12H2,1-2H3,(H,24,30)(H,26,27)(H2,25,28,29). The normalized spacial score (nSPS) is 11.7. The molecule has 0 unspecified atom stereocenters. The van der Waals surface area contributed by atoms with Gasteiger partial charge in [-0.2, -0.15) is 13.2 Å². The summed E-state index contributed by atoms with van der Waals surface area (Å²) in [5.74, 6) is 0.179. The lowest BCUT2D eigenvalue weighted by molar-refractivity contribution is -0.137. The first-order chi connectivity index (χ1) is 14.3. The lowest BCUT2D eigenvalue weighted by atomic mass is 10.1. The van der Waals surface area contributed by atoms with Gasteiger partial charge in [-0.1, -0.05) is 12.1 Å². The van der Waals surface area contributed by atoms with E-state index in [0.717, 1.165) is 11.6 Å². The smallest absolute Gasteiger partial charge is 0.368 e. The molecule has 0 spiro atoms. The molecular weight excluding hydrogens is 397 g/mol. The zero-order valence-electron chi connectivity index (χ0n) is 16.8. The number of aliphatic imine (C=N–C) groups is 1. The number of hydrogen-bond acceptors (Lipinski definition) is 4. The Bertz CT molecular complexity index is 870. The number of rotatable bonds is 8. The quantitative estimate of drug-likeness (QED) is 0.298. The molecule has 0 bridgehead atoms. The van der Waals surface area contributed by atoms with Crippen LogP contribution in [0.4, 0.5) is 19.0 Å². The fourth-order valence-electron chi connectivity index (χ4n) is 2.69. The van der Waals surface area contributed by atoms with Crippen LogP contribution in [0.15, 0.2) is 47.6 Å². The number of hydrogen-bond donors (Lipinski definition) is 4. The summed E-state index contributed by atoms with van der Waals surface area (Å²) in [6.07, 6.45) is -2.48. The molecule has 4 N–H and O–H groups in total. The molecule has 10 heteroatoms. The maximum atomic E-state index is 13.0. The van der Waals surface area contributed by atoms with Crippen molar-refractivity contribution in [3.8, 4) is 0 Å². The van der Waals surface area contributed by atoms with E-state index < -0.39 is 11.7 Å². The monoisotopic (exact) mass is 422 g/mol. The SMILES string of the molecule is CN=C(NCCNc1ncccc1C(F)(F)F)NCCc1cccc(C(=O)NC)c1. The summed E-state index contributed by atoms with van der Waals surface area (Å²) in [6, 6.07) is 9.57. The van der Waals surface area contributed by atoms with Crippen molar-refractivity contribution in [2.75, 3.05) is 39.0 Å². The first kappa shape index (κ1) is 23.0. The van der Waals surface area contributed by atoms with Gasteiger partial charge in [0.15, 0.2) is 5.96 Å². The molecule has 2 rings (SSSR count). The molecule has 7 nitrogen and oxygen atoms in total. The molecule has 2 aromatic rings. The van der Waals surface area contributed by atoms with Gasteiger partial charge in [-0.25, -0.2) is 4.98 Å². The summed E-state index contributed by atoms with van der Waals surface area (Å²) >= 11 is 0. The maximum Gasteiger partial charge on any atom is 0.419 e. The summed E-state index contributed by atoms with van der Waals surface area (Å²) in [5, 5.41) is 11.4. The van der Waals surface area contributed by atoms with Crippen molar-refractivity contribution in [2.45, 2.75) is 12.6 Å². The molecule has 0 aliphatic rings. The van der Waals surface area contributed by atoms with E-state index in [-0.39, 0.29) is 18.3 Å². The third-order valence-electron chi connectivity index (χ3n) is 4.17. The van der Waals surface area contributed by atoms with Gasteiger partial charge in [0, 0.05) is 45.5 Å². The van der Waals surface area contributed by atoms with E-state index in [1.54, 1.807) is 20.2 Å². The van der Waals surface area contributed by atoms with E-state index in [1.807, 2.05) is 18.2 Å². The van der Waals surface area contributed by atoms with Gasteiger partial charge in [-0.15, -0.1) is 0 Å². The topological polar surface area (TPSA) is 90.4 Å². The Balaban J connectivity index is 1.77. The number of guanidine groups is 1. The fraction of sp³-hybridized carbons (Fsp3) is 0.350. The van der Waals surface area contributed by atoms with Crippen LogP contribution in [0.25, 0.3) is 0 Å². The Labute approximate surface area is 173 Å². The van der Waals surface area contributed by atoms with Crippen LogP contribution in [-0.2, 0) is 12.6 Å². The van der Waals surface area contributed by atoms with Crippen LogP contribution in [0.2, 0.25) is 0 Å². The molecule has 1 aromatic heterocycles. The average molecular weight is 422 g/mol. The maximum absolute atomic E-state index is 13.0. The van der Waals surface area contributed by atoms with Crippen molar-refractivity contribution < 1.29 is 18.0 Å². The van der Waals surface area contributed by atoms with Gasteiger partial charge in [-0.3, -0.25) is 9.79 Å². The minimum absolute atomic E-state index is 0.142. The number of halogens is 3. The van der Waals surface area contributed by atoms with Crippen LogP contribution in [-0.4, -0.2) is 50.6 Å². The van der Waals surface area contributed by atoms with Crippen LogP contribution in [0.1, 0.15) is 21.5 Å². The highest BCUT2D eigenvalue weighted by Gasteiger charge is 2.33. The summed E-state index contributed by atoms with van der Waals surface area (Å²) in [7, 11) is 3.19. The second-order valence-electron chi connectivity index (χ2n) is 6.28. The van der Waals surface area contributed by atoms with Crippen LogP contribution in [0.5, 0.6) is 0 Å². The number of pyridine rings is 1. The molecule has 0 aliphatic heterocycles.